The molecule has 4 aromatic rings. The van der Waals surface area contributed by atoms with Gasteiger partial charge >= 0.3 is 5.97 Å². The molecule has 7 nitrogen and oxygen atoms in total. The van der Waals surface area contributed by atoms with Crippen LogP contribution < -0.4 is 10.6 Å². The van der Waals surface area contributed by atoms with Crippen LogP contribution in [0.3, 0.4) is 0 Å². The SMILES string of the molecule is Cc1ccc(C(=O)Nc2ccc(C)c(NCc3cnc4[nH]c(C(=O)O)cc4c3)c2)cc1. The third kappa shape index (κ3) is 4.56. The van der Waals surface area contributed by atoms with Crippen molar-refractivity contribution in [1.82, 2.24) is 9.97 Å². The van der Waals surface area contributed by atoms with Gasteiger partial charge in [-0.3, -0.25) is 4.79 Å². The first kappa shape index (κ1) is 20.2. The molecule has 0 bridgehead atoms. The third-order valence-corrected chi connectivity index (χ3v) is 5.05. The van der Waals surface area contributed by atoms with Crippen molar-refractivity contribution in [2.45, 2.75) is 20.4 Å². The number of aryl methyl sites for hydroxylation is 2. The summed E-state index contributed by atoms with van der Waals surface area (Å²) in [5.74, 6) is -1.18. The predicted molar refractivity (Wildman–Crippen MR) is 121 cm³/mol. The van der Waals surface area contributed by atoms with Gasteiger partial charge in [0, 0.05) is 35.1 Å². The lowest BCUT2D eigenvalue weighted by atomic mass is 10.1. The number of aromatic amines is 1. The van der Waals surface area contributed by atoms with Gasteiger partial charge in [0.15, 0.2) is 0 Å². The van der Waals surface area contributed by atoms with Crippen molar-refractivity contribution in [2.75, 3.05) is 10.6 Å². The molecule has 0 spiro atoms. The Labute approximate surface area is 179 Å². The summed E-state index contributed by atoms with van der Waals surface area (Å²) in [5.41, 5.74) is 5.90. The molecule has 4 rings (SSSR count). The van der Waals surface area contributed by atoms with Gasteiger partial charge < -0.3 is 20.7 Å². The monoisotopic (exact) mass is 414 g/mol. The second kappa shape index (κ2) is 8.31. The zero-order valence-corrected chi connectivity index (χ0v) is 17.2. The first-order chi connectivity index (χ1) is 14.9. The number of aromatic carboxylic acids is 1. The van der Waals surface area contributed by atoms with Gasteiger partial charge in [-0.2, -0.15) is 0 Å². The number of nitrogens with one attached hydrogen (secondary N) is 3. The van der Waals surface area contributed by atoms with Crippen LogP contribution in [0, 0.1) is 13.8 Å². The summed E-state index contributed by atoms with van der Waals surface area (Å²) in [6.07, 6.45) is 1.70. The molecule has 0 unspecified atom stereocenters. The lowest BCUT2D eigenvalue weighted by Gasteiger charge is -2.13. The quantitative estimate of drug-likeness (QED) is 0.364. The molecule has 0 saturated heterocycles. The Kier molecular flexibility index (Phi) is 5.41. The van der Waals surface area contributed by atoms with E-state index in [-0.39, 0.29) is 11.6 Å². The van der Waals surface area contributed by atoms with E-state index in [0.717, 1.165) is 27.8 Å². The van der Waals surface area contributed by atoms with E-state index in [0.29, 0.717) is 23.4 Å². The van der Waals surface area contributed by atoms with Crippen molar-refractivity contribution in [1.29, 1.82) is 0 Å². The summed E-state index contributed by atoms with van der Waals surface area (Å²) in [6.45, 7) is 4.47. The highest BCUT2D eigenvalue weighted by atomic mass is 16.4. The smallest absolute Gasteiger partial charge is 0.352 e. The van der Waals surface area contributed by atoms with Gasteiger partial charge in [-0.1, -0.05) is 23.8 Å². The maximum absolute atomic E-state index is 12.5. The van der Waals surface area contributed by atoms with Gasteiger partial charge in [-0.25, -0.2) is 9.78 Å². The molecule has 0 atom stereocenters. The van der Waals surface area contributed by atoms with Gasteiger partial charge in [-0.15, -0.1) is 0 Å². The number of carboxylic acid groups (broad SMARTS) is 1. The summed E-state index contributed by atoms with van der Waals surface area (Å²) in [5, 5.41) is 16.1. The number of amides is 1. The van der Waals surface area contributed by atoms with Crippen LogP contribution in [-0.4, -0.2) is 27.0 Å². The van der Waals surface area contributed by atoms with E-state index in [1.807, 2.05) is 50.2 Å². The van der Waals surface area contributed by atoms with Crippen molar-refractivity contribution < 1.29 is 14.7 Å². The second-order valence-electron chi connectivity index (χ2n) is 7.47. The summed E-state index contributed by atoms with van der Waals surface area (Å²) >= 11 is 0. The highest BCUT2D eigenvalue weighted by Crippen LogP contribution is 2.22. The van der Waals surface area contributed by atoms with Crippen LogP contribution in [0.15, 0.2) is 60.8 Å². The molecule has 0 saturated carbocycles. The van der Waals surface area contributed by atoms with Crippen LogP contribution in [0.2, 0.25) is 0 Å². The van der Waals surface area contributed by atoms with Crippen LogP contribution in [0.1, 0.15) is 37.5 Å². The fraction of sp³-hybridized carbons (Fsp3) is 0.125. The van der Waals surface area contributed by atoms with Gasteiger partial charge in [0.25, 0.3) is 5.91 Å². The number of carbonyl (C=O) groups is 2. The number of hydrogen-bond acceptors (Lipinski definition) is 4. The van der Waals surface area contributed by atoms with Crippen LogP contribution in [0.4, 0.5) is 11.4 Å². The number of pyridine rings is 1. The number of benzene rings is 2. The van der Waals surface area contributed by atoms with Crippen molar-refractivity contribution >= 4 is 34.3 Å². The standard InChI is InChI=1S/C24H22N4O3/c1-14-3-6-17(7-4-14)23(29)27-19-8-5-15(2)20(11-19)25-12-16-9-18-10-21(24(30)31)28-22(18)26-13-16/h3-11,13,25H,12H2,1-2H3,(H,26,28)(H,27,29)(H,30,31). The molecule has 0 aliphatic heterocycles. The Morgan fingerprint density at radius 1 is 1.03 bits per heavy atom. The molecule has 7 heteroatoms. The van der Waals surface area contributed by atoms with Crippen molar-refractivity contribution in [3.8, 4) is 0 Å². The van der Waals surface area contributed by atoms with Gasteiger partial charge in [0.05, 0.1) is 0 Å². The molecular weight excluding hydrogens is 392 g/mol. The largest absolute Gasteiger partial charge is 0.477 e. The zero-order chi connectivity index (χ0) is 22.0. The number of fused-ring (bicyclic) bond motifs is 1. The molecule has 2 heterocycles. The van der Waals surface area contributed by atoms with E-state index >= 15 is 0 Å². The van der Waals surface area contributed by atoms with Gasteiger partial charge in [0.1, 0.15) is 11.3 Å². The molecule has 0 aliphatic rings. The number of rotatable bonds is 6. The van der Waals surface area contributed by atoms with Crippen LogP contribution in [-0.2, 0) is 6.54 Å². The van der Waals surface area contributed by atoms with E-state index in [1.54, 1.807) is 24.4 Å². The van der Waals surface area contributed by atoms with Crippen LogP contribution >= 0.6 is 0 Å². The van der Waals surface area contributed by atoms with E-state index in [4.69, 9.17) is 5.11 Å². The van der Waals surface area contributed by atoms with E-state index in [1.165, 1.54) is 0 Å². The maximum atomic E-state index is 12.5. The number of aromatic nitrogens is 2. The summed E-state index contributed by atoms with van der Waals surface area (Å²) < 4.78 is 0. The molecule has 156 valence electrons. The fourth-order valence-electron chi connectivity index (χ4n) is 3.27. The molecule has 4 N–H and O–H groups in total. The Balaban J connectivity index is 1.47. The normalized spacial score (nSPS) is 10.8. The first-order valence-corrected chi connectivity index (χ1v) is 9.82. The van der Waals surface area contributed by atoms with Crippen LogP contribution in [0.5, 0.6) is 0 Å². The summed E-state index contributed by atoms with van der Waals surface area (Å²) in [4.78, 5) is 30.7. The van der Waals surface area contributed by atoms with Crippen molar-refractivity contribution in [3.63, 3.8) is 0 Å². The highest BCUT2D eigenvalue weighted by molar-refractivity contribution is 6.04. The zero-order valence-electron chi connectivity index (χ0n) is 17.2. The molecule has 2 aromatic heterocycles. The minimum Gasteiger partial charge on any atom is -0.477 e. The number of nitrogens with zero attached hydrogens (tertiary/aromatic N) is 1. The number of anilines is 2. The maximum Gasteiger partial charge on any atom is 0.352 e. The fourth-order valence-corrected chi connectivity index (χ4v) is 3.27. The number of hydrogen-bond donors (Lipinski definition) is 4. The lowest BCUT2D eigenvalue weighted by Crippen LogP contribution is -2.12. The Morgan fingerprint density at radius 2 is 1.81 bits per heavy atom. The Morgan fingerprint density at radius 3 is 2.55 bits per heavy atom. The molecule has 0 radical (unpaired) electrons. The van der Waals surface area contributed by atoms with Crippen LogP contribution in [0.25, 0.3) is 11.0 Å². The van der Waals surface area contributed by atoms with Gasteiger partial charge in [-0.05, 0) is 61.4 Å². The summed E-state index contributed by atoms with van der Waals surface area (Å²) in [6, 6.07) is 16.6. The molecular formula is C24H22N4O3. The van der Waals surface area contributed by atoms with E-state index in [2.05, 4.69) is 20.6 Å². The summed E-state index contributed by atoms with van der Waals surface area (Å²) in [7, 11) is 0. The number of H-pyrrole nitrogens is 1. The Bertz CT molecular complexity index is 1280. The highest BCUT2D eigenvalue weighted by Gasteiger charge is 2.10. The Hall–Kier alpha value is -4.13. The molecule has 1 amide bonds. The second-order valence-corrected chi connectivity index (χ2v) is 7.47. The molecule has 31 heavy (non-hydrogen) atoms. The van der Waals surface area contributed by atoms with E-state index in [9.17, 15) is 9.59 Å². The third-order valence-electron chi connectivity index (χ3n) is 5.05. The van der Waals surface area contributed by atoms with Crippen molar-refractivity contribution in [3.05, 3.63) is 88.7 Å². The molecule has 2 aromatic carbocycles. The molecule has 0 aliphatic carbocycles. The average molecular weight is 414 g/mol. The molecule has 0 fully saturated rings. The van der Waals surface area contributed by atoms with E-state index < -0.39 is 5.97 Å². The first-order valence-electron chi connectivity index (χ1n) is 9.82. The minimum atomic E-state index is -1.02. The van der Waals surface area contributed by atoms with Gasteiger partial charge in [0.2, 0.25) is 0 Å². The minimum absolute atomic E-state index is 0.112. The van der Waals surface area contributed by atoms with Crippen molar-refractivity contribution in [2.24, 2.45) is 0 Å². The number of carbonyl (C=O) groups excluding carboxylic acids is 1. The average Bonchev–Trinajstić information content (AvgIpc) is 3.18. The lowest BCUT2D eigenvalue weighted by molar-refractivity contribution is 0.0691. The topological polar surface area (TPSA) is 107 Å². The predicted octanol–water partition coefficient (Wildman–Crippen LogP) is 4.74. The number of carboxylic acids is 1.